The van der Waals surface area contributed by atoms with Crippen molar-refractivity contribution in [1.82, 2.24) is 10.6 Å². The summed E-state index contributed by atoms with van der Waals surface area (Å²) in [6, 6.07) is 12.3. The smallest absolute Gasteiger partial charge is 0.237 e. The highest BCUT2D eigenvalue weighted by Gasteiger charge is 2.37. The third-order valence-corrected chi connectivity index (χ3v) is 6.59. The zero-order chi connectivity index (χ0) is 20.1. The van der Waals surface area contributed by atoms with Crippen LogP contribution in [0, 0.1) is 5.82 Å². The number of carbonyl (C=O) groups excluding carboxylic acids is 1. The number of sulfonamides is 1. The Morgan fingerprint density at radius 1 is 1.18 bits per heavy atom. The van der Waals surface area contributed by atoms with Gasteiger partial charge in [0.2, 0.25) is 15.9 Å². The van der Waals surface area contributed by atoms with E-state index in [2.05, 4.69) is 15.4 Å². The maximum Gasteiger partial charge on any atom is 0.237 e. The summed E-state index contributed by atoms with van der Waals surface area (Å²) in [6.45, 7) is 0.558. The number of hydrogen-bond acceptors (Lipinski definition) is 4. The molecule has 0 aromatic heterocycles. The number of benzene rings is 2. The van der Waals surface area contributed by atoms with Gasteiger partial charge in [-0.25, -0.2) is 12.8 Å². The fourth-order valence-corrected chi connectivity index (χ4v) is 4.55. The molecule has 2 atom stereocenters. The predicted molar refractivity (Wildman–Crippen MR) is 107 cm³/mol. The first-order chi connectivity index (χ1) is 13.3. The molecule has 3 N–H and O–H groups in total. The Kier molecular flexibility index (Phi) is 6.53. The minimum absolute atomic E-state index is 0.0987. The van der Waals surface area contributed by atoms with Crippen LogP contribution in [0.5, 0.6) is 0 Å². The molecule has 0 radical (unpaired) electrons. The highest BCUT2D eigenvalue weighted by Crippen LogP contribution is 2.20. The summed E-state index contributed by atoms with van der Waals surface area (Å²) in [5.41, 5.74) is 0.942. The van der Waals surface area contributed by atoms with E-state index in [9.17, 15) is 17.6 Å². The summed E-state index contributed by atoms with van der Waals surface area (Å²) in [4.78, 5) is 12.3. The Morgan fingerprint density at radius 3 is 2.61 bits per heavy atom. The van der Waals surface area contributed by atoms with Crippen molar-refractivity contribution in [3.63, 3.8) is 0 Å². The molecule has 0 spiro atoms. The summed E-state index contributed by atoms with van der Waals surface area (Å²) >= 11 is 5.84. The van der Waals surface area contributed by atoms with Gasteiger partial charge >= 0.3 is 0 Å². The van der Waals surface area contributed by atoms with Gasteiger partial charge in [0.25, 0.3) is 0 Å². The molecule has 2 unspecified atom stereocenters. The van der Waals surface area contributed by atoms with Crippen molar-refractivity contribution in [1.29, 1.82) is 0 Å². The Hall–Kier alpha value is -2.16. The maximum atomic E-state index is 13.7. The van der Waals surface area contributed by atoms with Gasteiger partial charge in [-0.1, -0.05) is 35.9 Å². The third-order valence-electron chi connectivity index (χ3n) is 4.60. The molecule has 0 saturated carbocycles. The molecule has 28 heavy (non-hydrogen) atoms. The zero-order valence-corrected chi connectivity index (χ0v) is 16.6. The van der Waals surface area contributed by atoms with Crippen LogP contribution in [0.15, 0.2) is 48.5 Å². The summed E-state index contributed by atoms with van der Waals surface area (Å²) in [7, 11) is -3.81. The summed E-state index contributed by atoms with van der Waals surface area (Å²) < 4.78 is 40.9. The van der Waals surface area contributed by atoms with E-state index in [4.69, 9.17) is 11.6 Å². The van der Waals surface area contributed by atoms with Crippen LogP contribution in [0.4, 0.5) is 10.1 Å². The Morgan fingerprint density at radius 2 is 1.89 bits per heavy atom. The average Bonchev–Trinajstić information content (AvgIpc) is 3.16. The van der Waals surface area contributed by atoms with Crippen LogP contribution in [-0.4, -0.2) is 38.7 Å². The van der Waals surface area contributed by atoms with Crippen LogP contribution in [0.2, 0.25) is 5.02 Å². The number of para-hydroxylation sites is 1. The van der Waals surface area contributed by atoms with Crippen molar-refractivity contribution in [3.8, 4) is 0 Å². The van der Waals surface area contributed by atoms with E-state index in [1.807, 2.05) is 12.1 Å². The number of rotatable bonds is 7. The van der Waals surface area contributed by atoms with Crippen molar-refractivity contribution >= 4 is 33.2 Å². The lowest BCUT2D eigenvalue weighted by Crippen LogP contribution is -2.41. The maximum absolute atomic E-state index is 13.7. The van der Waals surface area contributed by atoms with Gasteiger partial charge in [-0.05, 0) is 42.7 Å². The van der Waals surface area contributed by atoms with E-state index in [0.29, 0.717) is 18.0 Å². The van der Waals surface area contributed by atoms with E-state index in [-0.39, 0.29) is 24.6 Å². The Balaban J connectivity index is 1.50. The van der Waals surface area contributed by atoms with E-state index in [0.717, 1.165) is 5.56 Å². The minimum atomic E-state index is -3.81. The molecule has 1 aliphatic heterocycles. The Labute approximate surface area is 168 Å². The van der Waals surface area contributed by atoms with E-state index in [1.54, 1.807) is 18.2 Å². The molecular formula is C19H21ClFN3O3S. The van der Waals surface area contributed by atoms with Gasteiger partial charge in [0.1, 0.15) is 5.82 Å². The molecule has 6 nitrogen and oxygen atoms in total. The number of nitrogens with one attached hydrogen (secondary N) is 3. The van der Waals surface area contributed by atoms with Crippen LogP contribution < -0.4 is 15.4 Å². The third kappa shape index (κ3) is 5.21. The van der Waals surface area contributed by atoms with Crippen molar-refractivity contribution in [3.05, 3.63) is 64.9 Å². The van der Waals surface area contributed by atoms with Crippen LogP contribution in [0.3, 0.4) is 0 Å². The molecule has 1 aliphatic rings. The molecule has 0 aliphatic carbocycles. The van der Waals surface area contributed by atoms with Crippen molar-refractivity contribution < 1.29 is 17.6 Å². The molecule has 2 aromatic rings. The SMILES string of the molecule is O=C(NCCc1ccc(Cl)cc1)C1CC(S(=O)(=O)Nc2ccccc2F)CN1. The van der Waals surface area contributed by atoms with Gasteiger partial charge in [0.15, 0.2) is 0 Å². The molecule has 1 saturated heterocycles. The number of amides is 1. The lowest BCUT2D eigenvalue weighted by Gasteiger charge is -2.14. The van der Waals surface area contributed by atoms with Crippen molar-refractivity contribution in [2.75, 3.05) is 17.8 Å². The highest BCUT2D eigenvalue weighted by molar-refractivity contribution is 7.93. The predicted octanol–water partition coefficient (Wildman–Crippen LogP) is 2.31. The van der Waals surface area contributed by atoms with Crippen LogP contribution in [0.1, 0.15) is 12.0 Å². The lowest BCUT2D eigenvalue weighted by atomic mass is 10.1. The number of halogens is 2. The first-order valence-corrected chi connectivity index (χ1v) is 10.8. The minimum Gasteiger partial charge on any atom is -0.354 e. The van der Waals surface area contributed by atoms with Crippen LogP contribution >= 0.6 is 11.6 Å². The summed E-state index contributed by atoms with van der Waals surface area (Å²) in [5, 5.41) is 5.57. The molecular weight excluding hydrogens is 405 g/mol. The van der Waals surface area contributed by atoms with Gasteiger partial charge in [-0.2, -0.15) is 0 Å². The number of carbonyl (C=O) groups is 1. The highest BCUT2D eigenvalue weighted by atomic mass is 35.5. The van der Waals surface area contributed by atoms with E-state index in [1.165, 1.54) is 18.2 Å². The van der Waals surface area contributed by atoms with Crippen LogP contribution in [0.25, 0.3) is 0 Å². The quantitative estimate of drug-likeness (QED) is 0.635. The van der Waals surface area contributed by atoms with E-state index >= 15 is 0 Å². The van der Waals surface area contributed by atoms with Gasteiger partial charge in [0, 0.05) is 18.1 Å². The monoisotopic (exact) mass is 425 g/mol. The van der Waals surface area contributed by atoms with E-state index < -0.39 is 27.1 Å². The van der Waals surface area contributed by atoms with Crippen LogP contribution in [-0.2, 0) is 21.2 Å². The average molecular weight is 426 g/mol. The second-order valence-corrected chi connectivity index (χ2v) is 9.01. The topological polar surface area (TPSA) is 87.3 Å². The second-order valence-electron chi connectivity index (χ2n) is 6.61. The second kappa shape index (κ2) is 8.89. The lowest BCUT2D eigenvalue weighted by molar-refractivity contribution is -0.122. The standard InChI is InChI=1S/C19H21ClFN3O3S/c20-14-7-5-13(6-8-14)9-10-22-19(25)18-11-15(12-23-18)28(26,27)24-17-4-2-1-3-16(17)21/h1-8,15,18,23-24H,9-12H2,(H,22,25). The van der Waals surface area contributed by atoms with Gasteiger partial charge in [-0.3, -0.25) is 9.52 Å². The first-order valence-electron chi connectivity index (χ1n) is 8.87. The summed E-state index contributed by atoms with van der Waals surface area (Å²) in [5.74, 6) is -0.897. The molecule has 2 aromatic carbocycles. The van der Waals surface area contributed by atoms with Gasteiger partial charge in [-0.15, -0.1) is 0 Å². The fraction of sp³-hybridized carbons (Fsp3) is 0.316. The largest absolute Gasteiger partial charge is 0.354 e. The van der Waals surface area contributed by atoms with Gasteiger partial charge in [0.05, 0.1) is 17.0 Å². The summed E-state index contributed by atoms with van der Waals surface area (Å²) in [6.07, 6.45) is 0.767. The normalized spacial score (nSPS) is 19.4. The fourth-order valence-electron chi connectivity index (χ4n) is 3.02. The molecule has 1 amide bonds. The number of anilines is 1. The van der Waals surface area contributed by atoms with Crippen molar-refractivity contribution in [2.45, 2.75) is 24.1 Å². The van der Waals surface area contributed by atoms with Crippen molar-refractivity contribution in [2.24, 2.45) is 0 Å². The molecule has 9 heteroatoms. The number of hydrogen-bond donors (Lipinski definition) is 3. The van der Waals surface area contributed by atoms with Gasteiger partial charge < -0.3 is 10.6 Å². The molecule has 1 heterocycles. The molecule has 3 rings (SSSR count). The molecule has 0 bridgehead atoms. The zero-order valence-electron chi connectivity index (χ0n) is 15.0. The molecule has 1 fully saturated rings. The molecule has 150 valence electrons. The Bertz CT molecular complexity index is 938. The first kappa shape index (κ1) is 20.6.